The number of methoxy groups -OCH3 is 1. The number of thiocarbonyl (C=S) groups is 1. The molecule has 8 nitrogen and oxygen atoms in total. The van der Waals surface area contributed by atoms with Crippen LogP contribution in [0.5, 0.6) is 5.75 Å². The predicted octanol–water partition coefficient (Wildman–Crippen LogP) is 3.24. The standard InChI is InChI=1S/C20H29N5O3S/c1-13(2)17(22-19(26)28-20(3,4)5)18(29)21-11-14-12-25(24-23-14)15-7-9-16(27-6)10-8-15/h7-10,12-13,17H,11H2,1-6H3,(H,21,29)(H,22,26)/t17-/m0/s1. The van der Waals surface area contributed by atoms with Crippen molar-refractivity contribution in [1.82, 2.24) is 25.6 Å². The molecule has 0 bridgehead atoms. The van der Waals surface area contributed by atoms with Crippen molar-refractivity contribution < 1.29 is 14.3 Å². The molecule has 1 atom stereocenters. The zero-order valence-electron chi connectivity index (χ0n) is 17.7. The SMILES string of the molecule is COc1ccc(-n2cc(CNC(=S)[C@@H](NC(=O)OC(C)(C)C)C(C)C)nn2)cc1. The van der Waals surface area contributed by atoms with Crippen molar-refractivity contribution in [2.75, 3.05) is 7.11 Å². The third-order valence-corrected chi connectivity index (χ3v) is 4.34. The number of alkyl carbamates (subject to hydrolysis) is 1. The summed E-state index contributed by atoms with van der Waals surface area (Å²) in [5.74, 6) is 0.871. The van der Waals surface area contributed by atoms with Crippen LogP contribution in [0, 0.1) is 5.92 Å². The second-order valence-electron chi connectivity index (χ2n) is 7.94. The third-order valence-electron chi connectivity index (χ3n) is 3.94. The van der Waals surface area contributed by atoms with Crippen molar-refractivity contribution >= 4 is 23.3 Å². The van der Waals surface area contributed by atoms with Gasteiger partial charge in [-0.1, -0.05) is 31.3 Å². The first kappa shape index (κ1) is 22.6. The van der Waals surface area contributed by atoms with Crippen molar-refractivity contribution in [2.24, 2.45) is 5.92 Å². The summed E-state index contributed by atoms with van der Waals surface area (Å²) in [6.45, 7) is 9.82. The van der Waals surface area contributed by atoms with Gasteiger partial charge in [-0.15, -0.1) is 5.10 Å². The van der Waals surface area contributed by atoms with Gasteiger partial charge in [-0.25, -0.2) is 9.48 Å². The zero-order chi connectivity index (χ0) is 21.6. The first-order valence-electron chi connectivity index (χ1n) is 9.42. The van der Waals surface area contributed by atoms with Crippen LogP contribution >= 0.6 is 12.2 Å². The van der Waals surface area contributed by atoms with Gasteiger partial charge in [0.1, 0.15) is 17.0 Å². The van der Waals surface area contributed by atoms with Crippen LogP contribution in [0.25, 0.3) is 5.69 Å². The van der Waals surface area contributed by atoms with Gasteiger partial charge in [0, 0.05) is 0 Å². The second kappa shape index (κ2) is 9.69. The number of carbonyl (C=O) groups is 1. The summed E-state index contributed by atoms with van der Waals surface area (Å²) in [6, 6.07) is 7.17. The first-order valence-corrected chi connectivity index (χ1v) is 9.83. The van der Waals surface area contributed by atoms with Gasteiger partial charge in [-0.3, -0.25) is 0 Å². The van der Waals surface area contributed by atoms with E-state index in [-0.39, 0.29) is 12.0 Å². The quantitative estimate of drug-likeness (QED) is 0.666. The number of carbonyl (C=O) groups excluding carboxylic acids is 1. The van der Waals surface area contributed by atoms with Crippen LogP contribution < -0.4 is 15.4 Å². The molecule has 1 aromatic heterocycles. The van der Waals surface area contributed by atoms with Crippen LogP contribution in [0.2, 0.25) is 0 Å². The molecular formula is C20H29N5O3S. The topological polar surface area (TPSA) is 90.3 Å². The van der Waals surface area contributed by atoms with E-state index in [2.05, 4.69) is 20.9 Å². The highest BCUT2D eigenvalue weighted by molar-refractivity contribution is 7.80. The molecule has 0 spiro atoms. The normalized spacial score (nSPS) is 12.4. The fraction of sp³-hybridized carbons (Fsp3) is 0.500. The predicted molar refractivity (Wildman–Crippen MR) is 115 cm³/mol. The Labute approximate surface area is 177 Å². The van der Waals surface area contributed by atoms with Crippen molar-refractivity contribution in [1.29, 1.82) is 0 Å². The monoisotopic (exact) mass is 419 g/mol. The summed E-state index contributed by atoms with van der Waals surface area (Å²) in [4.78, 5) is 12.6. The molecule has 1 heterocycles. The summed E-state index contributed by atoms with van der Waals surface area (Å²) in [5, 5.41) is 14.3. The maximum Gasteiger partial charge on any atom is 0.408 e. The van der Waals surface area contributed by atoms with Crippen molar-refractivity contribution in [3.63, 3.8) is 0 Å². The molecule has 0 aliphatic carbocycles. The van der Waals surface area contributed by atoms with E-state index in [1.807, 2.05) is 65.1 Å². The molecule has 0 aliphatic heterocycles. The molecule has 0 radical (unpaired) electrons. The van der Waals surface area contributed by atoms with Crippen LogP contribution in [0.1, 0.15) is 40.3 Å². The van der Waals surface area contributed by atoms with Gasteiger partial charge in [-0.2, -0.15) is 0 Å². The highest BCUT2D eigenvalue weighted by Gasteiger charge is 2.24. The van der Waals surface area contributed by atoms with Crippen LogP contribution in [0.3, 0.4) is 0 Å². The van der Waals surface area contributed by atoms with Gasteiger partial charge < -0.3 is 20.1 Å². The average molecular weight is 420 g/mol. The number of amides is 1. The Morgan fingerprint density at radius 1 is 1.24 bits per heavy atom. The second-order valence-corrected chi connectivity index (χ2v) is 8.38. The first-order chi connectivity index (χ1) is 13.6. The smallest absolute Gasteiger partial charge is 0.408 e. The Morgan fingerprint density at radius 3 is 2.45 bits per heavy atom. The molecule has 0 aliphatic rings. The molecule has 2 N–H and O–H groups in total. The lowest BCUT2D eigenvalue weighted by atomic mass is 10.0. The van der Waals surface area contributed by atoms with E-state index in [0.717, 1.165) is 17.1 Å². The number of nitrogens with zero attached hydrogens (tertiary/aromatic N) is 3. The molecule has 0 saturated heterocycles. The lowest BCUT2D eigenvalue weighted by molar-refractivity contribution is 0.0508. The lowest BCUT2D eigenvalue weighted by Crippen LogP contribution is -2.49. The Balaban J connectivity index is 1.95. The largest absolute Gasteiger partial charge is 0.497 e. The molecule has 0 fully saturated rings. The molecule has 2 aromatic rings. The summed E-state index contributed by atoms with van der Waals surface area (Å²) < 4.78 is 12.2. The number of hydrogen-bond donors (Lipinski definition) is 2. The van der Waals surface area contributed by atoms with Crippen molar-refractivity contribution in [3.8, 4) is 11.4 Å². The number of aromatic nitrogens is 3. The lowest BCUT2D eigenvalue weighted by Gasteiger charge is -2.26. The van der Waals surface area contributed by atoms with Gasteiger partial charge in [0.2, 0.25) is 0 Å². The average Bonchev–Trinajstić information content (AvgIpc) is 3.11. The van der Waals surface area contributed by atoms with Gasteiger partial charge in [0.25, 0.3) is 0 Å². The molecule has 9 heteroatoms. The Bertz CT molecular complexity index is 827. The number of rotatable bonds is 7. The summed E-state index contributed by atoms with van der Waals surface area (Å²) in [5.41, 5.74) is 1.03. The molecule has 0 saturated carbocycles. The van der Waals surface area contributed by atoms with E-state index in [1.54, 1.807) is 11.8 Å². The Kier molecular flexibility index (Phi) is 7.55. The number of hydrogen-bond acceptors (Lipinski definition) is 6. The number of ether oxygens (including phenoxy) is 2. The van der Waals surface area contributed by atoms with Crippen LogP contribution in [0.15, 0.2) is 30.5 Å². The maximum atomic E-state index is 12.1. The van der Waals surface area contributed by atoms with Gasteiger partial charge in [0.15, 0.2) is 0 Å². The van der Waals surface area contributed by atoms with Crippen molar-refractivity contribution in [3.05, 3.63) is 36.2 Å². The van der Waals surface area contributed by atoms with E-state index in [1.165, 1.54) is 0 Å². The van der Waals surface area contributed by atoms with Gasteiger partial charge in [-0.05, 0) is 51.0 Å². The molecule has 2 rings (SSSR count). The molecule has 1 amide bonds. The van der Waals surface area contributed by atoms with Crippen LogP contribution in [0.4, 0.5) is 4.79 Å². The fourth-order valence-corrected chi connectivity index (χ4v) is 2.90. The van der Waals surface area contributed by atoms with Gasteiger partial charge >= 0.3 is 6.09 Å². The number of benzene rings is 1. The minimum atomic E-state index is -0.569. The maximum absolute atomic E-state index is 12.1. The summed E-state index contributed by atoms with van der Waals surface area (Å²) in [7, 11) is 1.62. The minimum absolute atomic E-state index is 0.0949. The Hall–Kier alpha value is -2.68. The van der Waals surface area contributed by atoms with Gasteiger partial charge in [0.05, 0.1) is 36.6 Å². The molecule has 29 heavy (non-hydrogen) atoms. The van der Waals surface area contributed by atoms with Crippen molar-refractivity contribution in [2.45, 2.75) is 52.8 Å². The van der Waals surface area contributed by atoms with Crippen LogP contribution in [-0.4, -0.2) is 44.8 Å². The highest BCUT2D eigenvalue weighted by atomic mass is 32.1. The Morgan fingerprint density at radius 2 is 1.90 bits per heavy atom. The molecule has 1 aromatic carbocycles. The van der Waals surface area contributed by atoms with E-state index < -0.39 is 11.7 Å². The molecular weight excluding hydrogens is 390 g/mol. The highest BCUT2D eigenvalue weighted by Crippen LogP contribution is 2.14. The minimum Gasteiger partial charge on any atom is -0.497 e. The third kappa shape index (κ3) is 7.01. The van der Waals surface area contributed by atoms with E-state index >= 15 is 0 Å². The molecule has 0 unspecified atom stereocenters. The van der Waals surface area contributed by atoms with E-state index in [4.69, 9.17) is 21.7 Å². The van der Waals surface area contributed by atoms with E-state index in [9.17, 15) is 4.79 Å². The molecule has 158 valence electrons. The van der Waals surface area contributed by atoms with Crippen LogP contribution in [-0.2, 0) is 11.3 Å². The fourth-order valence-electron chi connectivity index (χ4n) is 2.50. The zero-order valence-corrected chi connectivity index (χ0v) is 18.5. The summed E-state index contributed by atoms with van der Waals surface area (Å²) >= 11 is 5.49. The summed E-state index contributed by atoms with van der Waals surface area (Å²) in [6.07, 6.45) is 1.33. The number of nitrogens with one attached hydrogen (secondary N) is 2. The van der Waals surface area contributed by atoms with E-state index in [0.29, 0.717) is 11.5 Å².